The fourth-order valence-corrected chi connectivity index (χ4v) is 1.18. The fraction of sp³-hybridized carbons (Fsp3) is 1.00. The van der Waals surface area contributed by atoms with Gasteiger partial charge in [0.1, 0.15) is 0 Å². The minimum absolute atomic E-state index is 1.21. The second-order valence-corrected chi connectivity index (χ2v) is 4.77. The smallest absolute Gasteiger partial charge is 0.352 e. The van der Waals surface area contributed by atoms with Crippen molar-refractivity contribution in [2.24, 2.45) is 0 Å². The van der Waals surface area contributed by atoms with Crippen LogP contribution >= 0.6 is 0 Å². The monoisotopic (exact) mass is 378 g/mol. The standard InChI is InChI=1S/C9H7F13O/c1-3(10,8(17,18)19)5(12,13)7(16,23)6(14,15)4(2,11)9(20,21)22/h23H,1-2H3. The van der Waals surface area contributed by atoms with Gasteiger partial charge in [0, 0.05) is 0 Å². The molecule has 23 heavy (non-hydrogen) atoms. The molecule has 0 saturated heterocycles. The average Bonchev–Trinajstić information content (AvgIpc) is 2.24. The molecule has 0 aliphatic heterocycles. The highest BCUT2D eigenvalue weighted by atomic mass is 19.4. The van der Waals surface area contributed by atoms with Gasteiger partial charge in [0.25, 0.3) is 11.3 Å². The fourth-order valence-electron chi connectivity index (χ4n) is 1.18. The van der Waals surface area contributed by atoms with Gasteiger partial charge < -0.3 is 5.11 Å². The number of hydrogen-bond donors (Lipinski definition) is 1. The summed E-state index contributed by atoms with van der Waals surface area (Å²) in [4.78, 5) is 0. The van der Waals surface area contributed by atoms with Crippen LogP contribution in [0.2, 0.25) is 0 Å². The summed E-state index contributed by atoms with van der Waals surface area (Å²) in [7, 11) is 0. The minimum atomic E-state index is -7.21. The van der Waals surface area contributed by atoms with Gasteiger partial charge in [-0.2, -0.15) is 48.3 Å². The zero-order valence-corrected chi connectivity index (χ0v) is 10.9. The Morgan fingerprint density at radius 2 is 0.652 bits per heavy atom. The van der Waals surface area contributed by atoms with Crippen molar-refractivity contribution in [3.63, 3.8) is 0 Å². The molecule has 0 aliphatic rings. The van der Waals surface area contributed by atoms with Crippen molar-refractivity contribution in [3.8, 4) is 0 Å². The lowest BCUT2D eigenvalue weighted by atomic mass is 9.83. The molecule has 0 spiro atoms. The molecule has 0 aromatic rings. The van der Waals surface area contributed by atoms with E-state index in [-0.39, 0.29) is 0 Å². The number of hydrogen-bond acceptors (Lipinski definition) is 1. The number of alkyl halides is 13. The van der Waals surface area contributed by atoms with Crippen LogP contribution in [0.4, 0.5) is 57.1 Å². The average molecular weight is 378 g/mol. The van der Waals surface area contributed by atoms with E-state index in [2.05, 4.69) is 0 Å². The molecular weight excluding hydrogens is 371 g/mol. The second kappa shape index (κ2) is 5.02. The van der Waals surface area contributed by atoms with Crippen LogP contribution in [-0.2, 0) is 0 Å². The summed E-state index contributed by atoms with van der Waals surface area (Å²) in [6.07, 6.45) is -13.6. The molecule has 0 heterocycles. The third-order valence-corrected chi connectivity index (χ3v) is 3.08. The first-order valence-electron chi connectivity index (χ1n) is 5.18. The topological polar surface area (TPSA) is 20.2 Å². The Morgan fingerprint density at radius 1 is 0.478 bits per heavy atom. The lowest BCUT2D eigenvalue weighted by Crippen LogP contribution is -2.74. The minimum Gasteiger partial charge on any atom is -0.352 e. The second-order valence-electron chi connectivity index (χ2n) is 4.77. The van der Waals surface area contributed by atoms with Gasteiger partial charge in [-0.3, -0.25) is 0 Å². The number of halogens is 13. The van der Waals surface area contributed by atoms with Gasteiger partial charge >= 0.3 is 30.1 Å². The summed E-state index contributed by atoms with van der Waals surface area (Å²) in [5.74, 6) is -21.6. The molecule has 14 heteroatoms. The predicted molar refractivity (Wildman–Crippen MR) is 47.1 cm³/mol. The Kier molecular flexibility index (Phi) is 4.81. The lowest BCUT2D eigenvalue weighted by molar-refractivity contribution is -0.439. The highest BCUT2D eigenvalue weighted by molar-refractivity contribution is 5.14. The van der Waals surface area contributed by atoms with Gasteiger partial charge in [-0.25, -0.2) is 8.78 Å². The summed E-state index contributed by atoms with van der Waals surface area (Å²) < 4.78 is 165. The van der Waals surface area contributed by atoms with Gasteiger partial charge in [0.05, 0.1) is 0 Å². The van der Waals surface area contributed by atoms with Crippen LogP contribution in [0, 0.1) is 0 Å². The Morgan fingerprint density at radius 3 is 0.783 bits per heavy atom. The van der Waals surface area contributed by atoms with Crippen molar-refractivity contribution in [1.29, 1.82) is 0 Å². The van der Waals surface area contributed by atoms with E-state index in [1.807, 2.05) is 0 Å². The summed E-state index contributed by atoms with van der Waals surface area (Å²) in [6.45, 7) is -2.42. The SMILES string of the molecule is CC(F)(C(F)(F)F)C(F)(F)C(O)(F)C(F)(F)C(C)(F)C(F)(F)F. The molecule has 0 radical (unpaired) electrons. The molecule has 0 aromatic heterocycles. The maximum Gasteiger partial charge on any atom is 0.428 e. The third-order valence-electron chi connectivity index (χ3n) is 3.08. The highest BCUT2D eigenvalue weighted by Crippen LogP contribution is 2.59. The molecule has 2 atom stereocenters. The van der Waals surface area contributed by atoms with Crippen LogP contribution in [0.3, 0.4) is 0 Å². The van der Waals surface area contributed by atoms with E-state index >= 15 is 0 Å². The quantitative estimate of drug-likeness (QED) is 0.715. The van der Waals surface area contributed by atoms with E-state index in [1.54, 1.807) is 0 Å². The number of aliphatic hydroxyl groups is 1. The van der Waals surface area contributed by atoms with Gasteiger partial charge in [0.15, 0.2) is 0 Å². The van der Waals surface area contributed by atoms with Crippen LogP contribution in [0.15, 0.2) is 0 Å². The summed E-state index contributed by atoms with van der Waals surface area (Å²) in [5, 5.41) is 8.32. The van der Waals surface area contributed by atoms with Gasteiger partial charge in [-0.1, -0.05) is 0 Å². The van der Waals surface area contributed by atoms with Crippen molar-refractivity contribution in [2.75, 3.05) is 0 Å². The summed E-state index contributed by atoms with van der Waals surface area (Å²) in [5.41, 5.74) is -12.5. The maximum absolute atomic E-state index is 13.3. The van der Waals surface area contributed by atoms with Crippen molar-refractivity contribution in [3.05, 3.63) is 0 Å². The normalized spacial score (nSPS) is 23.0. The zero-order chi connectivity index (χ0) is 19.5. The molecule has 140 valence electrons. The Balaban J connectivity index is 6.37. The molecule has 1 N–H and O–H groups in total. The van der Waals surface area contributed by atoms with Crippen molar-refractivity contribution >= 4 is 0 Å². The zero-order valence-electron chi connectivity index (χ0n) is 10.9. The van der Waals surface area contributed by atoms with E-state index in [9.17, 15) is 57.1 Å². The first kappa shape index (κ1) is 22.1. The highest BCUT2D eigenvalue weighted by Gasteiger charge is 2.88. The first-order valence-corrected chi connectivity index (χ1v) is 5.18. The van der Waals surface area contributed by atoms with E-state index < -0.39 is 55.2 Å². The Hall–Kier alpha value is -0.950. The van der Waals surface area contributed by atoms with Crippen molar-refractivity contribution < 1.29 is 62.2 Å². The summed E-state index contributed by atoms with van der Waals surface area (Å²) in [6, 6.07) is 0. The third kappa shape index (κ3) is 2.71. The predicted octanol–water partition coefficient (Wildman–Crippen LogP) is 4.50. The molecule has 0 amide bonds. The van der Waals surface area contributed by atoms with Crippen LogP contribution < -0.4 is 0 Å². The van der Waals surface area contributed by atoms with Crippen molar-refractivity contribution in [2.45, 2.75) is 55.2 Å². The van der Waals surface area contributed by atoms with E-state index in [0.29, 0.717) is 0 Å². The van der Waals surface area contributed by atoms with Crippen LogP contribution in [0.5, 0.6) is 0 Å². The lowest BCUT2D eigenvalue weighted by Gasteiger charge is -2.44. The first-order chi connectivity index (χ1) is 9.50. The maximum atomic E-state index is 13.3. The molecule has 0 fully saturated rings. The molecule has 1 nitrogen and oxygen atoms in total. The molecule has 0 bridgehead atoms. The van der Waals surface area contributed by atoms with Gasteiger partial charge in [-0.05, 0) is 13.8 Å². The number of rotatable bonds is 4. The largest absolute Gasteiger partial charge is 0.428 e. The Labute approximate surface area is 119 Å². The van der Waals surface area contributed by atoms with Crippen LogP contribution in [0.1, 0.15) is 13.8 Å². The molecule has 2 unspecified atom stereocenters. The molecule has 0 aromatic carbocycles. The molecule has 0 saturated carbocycles. The van der Waals surface area contributed by atoms with Gasteiger partial charge in [-0.15, -0.1) is 0 Å². The molecule has 0 aliphatic carbocycles. The van der Waals surface area contributed by atoms with Gasteiger partial charge in [0.2, 0.25) is 0 Å². The molecular formula is C9H7F13O. The van der Waals surface area contributed by atoms with Crippen molar-refractivity contribution in [1.82, 2.24) is 0 Å². The van der Waals surface area contributed by atoms with E-state index in [0.717, 1.165) is 0 Å². The Bertz CT molecular complexity index is 401. The molecule has 0 rings (SSSR count). The van der Waals surface area contributed by atoms with E-state index in [4.69, 9.17) is 5.11 Å². The van der Waals surface area contributed by atoms with Crippen LogP contribution in [-0.4, -0.2) is 46.5 Å². The summed E-state index contributed by atoms with van der Waals surface area (Å²) >= 11 is 0. The van der Waals surface area contributed by atoms with E-state index in [1.165, 1.54) is 0 Å². The van der Waals surface area contributed by atoms with Crippen LogP contribution in [0.25, 0.3) is 0 Å².